The number of benzene rings is 8. The van der Waals surface area contributed by atoms with Crippen molar-refractivity contribution in [2.45, 2.75) is 0 Å². The smallest absolute Gasteiger partial charge is 0.163 e. The minimum Gasteiger partial charge on any atom is -0.282 e. The molecule has 11 aromatic rings. The number of rotatable bonds is 5. The van der Waals surface area contributed by atoms with E-state index in [9.17, 15) is 5.41 Å². The van der Waals surface area contributed by atoms with E-state index in [0.717, 1.165) is 64.7 Å². The molecule has 8 aromatic carbocycles. The lowest BCUT2D eigenvalue weighted by molar-refractivity contribution is 0.915. The molecule has 0 aliphatic rings. The fourth-order valence-corrected chi connectivity index (χ4v) is 10.3. The zero-order valence-electron chi connectivity index (χ0n) is 30.4. The first kappa shape index (κ1) is 33.3. The van der Waals surface area contributed by atoms with Gasteiger partial charge in [0.2, 0.25) is 0 Å². The van der Waals surface area contributed by atoms with Gasteiger partial charge in [0.25, 0.3) is 0 Å². The van der Waals surface area contributed by atoms with E-state index < -0.39 is 0 Å². The zero-order valence-corrected chi connectivity index (χ0v) is 32.1. The van der Waals surface area contributed by atoms with E-state index in [-0.39, 0.29) is 5.84 Å². The second-order valence-electron chi connectivity index (χ2n) is 14.0. The summed E-state index contributed by atoms with van der Waals surface area (Å²) in [7, 11) is 0. The molecular weight excluding hydrogens is 735 g/mol. The van der Waals surface area contributed by atoms with Gasteiger partial charge in [0.15, 0.2) is 11.7 Å². The average molecular weight is 766 g/mol. The molecule has 0 fully saturated rings. The summed E-state index contributed by atoms with van der Waals surface area (Å²) in [6.07, 6.45) is 1.87. The maximum Gasteiger partial charge on any atom is 0.163 e. The Morgan fingerprint density at radius 3 is 1.88 bits per heavy atom. The molecule has 5 nitrogen and oxygen atoms in total. The third-order valence-electron chi connectivity index (χ3n) is 10.6. The van der Waals surface area contributed by atoms with E-state index in [2.05, 4.69) is 146 Å². The lowest BCUT2D eigenvalue weighted by Crippen LogP contribution is -2.05. The van der Waals surface area contributed by atoms with Gasteiger partial charge >= 0.3 is 0 Å². The maximum atomic E-state index is 9.46. The molecule has 57 heavy (non-hydrogen) atoms. The average Bonchev–Trinajstić information content (AvgIpc) is 3.96. The van der Waals surface area contributed by atoms with E-state index in [4.69, 9.17) is 15.1 Å². The molecule has 0 aliphatic heterocycles. The Morgan fingerprint density at radius 1 is 0.544 bits per heavy atom. The number of hydrogen-bond donors (Lipinski definition) is 1. The topological polar surface area (TPSA) is 66.4 Å². The van der Waals surface area contributed by atoms with Gasteiger partial charge in [-0.3, -0.25) is 5.41 Å². The number of aromatic nitrogens is 2. The SMILES string of the molecule is N=C(N=C(N=Cc1cccc(-c2nn(-c3ccccc3)c3cc4ccccc4cc23)c1)c1cccc2c1sc1ccccc12)c1cccc2c1sc1ccccc12. The molecule has 0 bridgehead atoms. The first-order valence-corrected chi connectivity index (χ1v) is 20.4. The van der Waals surface area contributed by atoms with Crippen molar-refractivity contribution in [3.63, 3.8) is 0 Å². The van der Waals surface area contributed by atoms with E-state index in [1.165, 1.54) is 30.9 Å². The second kappa shape index (κ2) is 13.6. The van der Waals surface area contributed by atoms with Crippen LogP contribution in [0.1, 0.15) is 16.7 Å². The Morgan fingerprint density at radius 2 is 1.14 bits per heavy atom. The Labute approximate surface area is 335 Å². The molecule has 0 saturated heterocycles. The fraction of sp³-hybridized carbons (Fsp3) is 0. The van der Waals surface area contributed by atoms with Crippen LogP contribution in [0.4, 0.5) is 0 Å². The van der Waals surface area contributed by atoms with Crippen molar-refractivity contribution in [2.24, 2.45) is 9.98 Å². The van der Waals surface area contributed by atoms with Crippen LogP contribution in [0.2, 0.25) is 0 Å². The van der Waals surface area contributed by atoms with Crippen molar-refractivity contribution in [1.82, 2.24) is 9.78 Å². The number of para-hydroxylation sites is 1. The Balaban J connectivity index is 1.05. The summed E-state index contributed by atoms with van der Waals surface area (Å²) in [6, 6.07) is 60.9. The summed E-state index contributed by atoms with van der Waals surface area (Å²) >= 11 is 3.44. The predicted octanol–water partition coefficient (Wildman–Crippen LogP) is 13.5. The van der Waals surface area contributed by atoms with Crippen LogP contribution in [0.3, 0.4) is 0 Å². The van der Waals surface area contributed by atoms with Crippen molar-refractivity contribution >= 4 is 103 Å². The summed E-state index contributed by atoms with van der Waals surface area (Å²) < 4.78 is 6.59. The molecular formula is C50H31N5S2. The van der Waals surface area contributed by atoms with Crippen LogP contribution < -0.4 is 0 Å². The quantitative estimate of drug-likeness (QED) is 0.138. The lowest BCUT2D eigenvalue weighted by Gasteiger charge is -2.07. The third-order valence-corrected chi connectivity index (χ3v) is 13.0. The van der Waals surface area contributed by atoms with Crippen molar-refractivity contribution in [3.05, 3.63) is 193 Å². The first-order chi connectivity index (χ1) is 28.2. The molecule has 3 aromatic heterocycles. The van der Waals surface area contributed by atoms with E-state index in [1.54, 1.807) is 22.7 Å². The van der Waals surface area contributed by atoms with Crippen LogP contribution >= 0.6 is 22.7 Å². The lowest BCUT2D eigenvalue weighted by atomic mass is 10.0. The molecule has 0 aliphatic carbocycles. The van der Waals surface area contributed by atoms with Gasteiger partial charge in [0, 0.05) is 68.6 Å². The van der Waals surface area contributed by atoms with E-state index in [1.807, 2.05) is 41.2 Å². The van der Waals surface area contributed by atoms with Crippen LogP contribution in [0.15, 0.2) is 186 Å². The Hall–Kier alpha value is -7.06. The number of nitrogens with one attached hydrogen (secondary N) is 1. The summed E-state index contributed by atoms with van der Waals surface area (Å²) in [5, 5.41) is 22.8. The van der Waals surface area contributed by atoms with Gasteiger partial charge < -0.3 is 0 Å². The number of fused-ring (bicyclic) bond motifs is 8. The summed E-state index contributed by atoms with van der Waals surface area (Å²) in [4.78, 5) is 10.2. The molecule has 11 rings (SSSR count). The van der Waals surface area contributed by atoms with Crippen LogP contribution in [0.25, 0.3) is 79.0 Å². The molecule has 268 valence electrons. The highest BCUT2D eigenvalue weighted by atomic mass is 32.1. The van der Waals surface area contributed by atoms with Gasteiger partial charge in [-0.2, -0.15) is 5.10 Å². The second-order valence-corrected chi connectivity index (χ2v) is 16.1. The van der Waals surface area contributed by atoms with E-state index in [0.29, 0.717) is 5.84 Å². The molecule has 0 amide bonds. The Kier molecular flexibility index (Phi) is 7.94. The third kappa shape index (κ3) is 5.75. The van der Waals surface area contributed by atoms with Gasteiger partial charge in [-0.05, 0) is 70.9 Å². The molecule has 0 radical (unpaired) electrons. The highest BCUT2D eigenvalue weighted by Crippen LogP contribution is 2.38. The van der Waals surface area contributed by atoms with Crippen molar-refractivity contribution < 1.29 is 0 Å². The Bertz CT molecular complexity index is 3440. The maximum absolute atomic E-state index is 9.46. The molecule has 3 heterocycles. The molecule has 1 N–H and O–H groups in total. The van der Waals surface area contributed by atoms with Gasteiger partial charge in [-0.15, -0.1) is 22.7 Å². The molecule has 0 atom stereocenters. The number of thiophene rings is 2. The minimum atomic E-state index is 0.177. The van der Waals surface area contributed by atoms with Crippen molar-refractivity contribution in [3.8, 4) is 16.9 Å². The normalized spacial score (nSPS) is 12.3. The number of aliphatic imine (C=N–C) groups is 2. The van der Waals surface area contributed by atoms with Gasteiger partial charge in [0.1, 0.15) is 5.69 Å². The zero-order chi connectivity index (χ0) is 37.9. The number of hydrogen-bond acceptors (Lipinski definition) is 4. The summed E-state index contributed by atoms with van der Waals surface area (Å²) in [6.45, 7) is 0. The van der Waals surface area contributed by atoms with Gasteiger partial charge in [-0.25, -0.2) is 14.7 Å². The van der Waals surface area contributed by atoms with E-state index >= 15 is 0 Å². The fourth-order valence-electron chi connectivity index (χ4n) is 7.86. The van der Waals surface area contributed by atoms with Gasteiger partial charge in [-0.1, -0.05) is 121 Å². The standard InChI is InChI=1S/C50H31N5S2/c51-49(40-23-11-21-38-36-19-6-8-25-44(36)56-47(38)40)53-50(41-24-12-22-39-37-20-7-9-26-45(37)57-48(39)41)52-30-31-13-10-16-34(27-31)46-42-28-32-14-4-5-15-33(32)29-43(42)55(54-46)35-17-2-1-3-18-35/h1-30,51H. The molecule has 0 unspecified atom stereocenters. The van der Waals surface area contributed by atoms with Crippen molar-refractivity contribution in [2.75, 3.05) is 0 Å². The first-order valence-electron chi connectivity index (χ1n) is 18.8. The van der Waals surface area contributed by atoms with Crippen molar-refractivity contribution in [1.29, 1.82) is 5.41 Å². The van der Waals surface area contributed by atoms with Gasteiger partial charge in [0.05, 0.1) is 11.2 Å². The predicted molar refractivity (Wildman–Crippen MR) is 244 cm³/mol. The van der Waals surface area contributed by atoms with Crippen LogP contribution in [0, 0.1) is 5.41 Å². The van der Waals surface area contributed by atoms with Crippen LogP contribution in [-0.4, -0.2) is 27.7 Å². The highest BCUT2D eigenvalue weighted by molar-refractivity contribution is 7.26. The summed E-state index contributed by atoms with van der Waals surface area (Å²) in [5.74, 6) is 0.669. The minimum absolute atomic E-state index is 0.177. The number of amidine groups is 2. The molecule has 0 spiro atoms. The molecule has 0 saturated carbocycles. The molecule has 7 heteroatoms. The largest absolute Gasteiger partial charge is 0.282 e. The summed E-state index contributed by atoms with van der Waals surface area (Å²) in [5.41, 5.74) is 6.54. The highest BCUT2D eigenvalue weighted by Gasteiger charge is 2.18. The number of nitrogens with zero attached hydrogens (tertiary/aromatic N) is 4. The van der Waals surface area contributed by atoms with Crippen LogP contribution in [0.5, 0.6) is 0 Å². The van der Waals surface area contributed by atoms with Crippen LogP contribution in [-0.2, 0) is 0 Å². The monoisotopic (exact) mass is 765 g/mol.